The van der Waals surface area contributed by atoms with Crippen LogP contribution in [-0.4, -0.2) is 0 Å². The van der Waals surface area contributed by atoms with E-state index in [4.69, 9.17) is 0 Å². The lowest BCUT2D eigenvalue weighted by molar-refractivity contribution is 1.30. The van der Waals surface area contributed by atoms with Gasteiger partial charge in [0, 0.05) is 16.8 Å². The molecule has 1 nitrogen and oxygen atoms in total. The zero-order valence-electron chi connectivity index (χ0n) is 28.0. The van der Waals surface area contributed by atoms with Crippen molar-refractivity contribution in [3.8, 4) is 22.3 Å². The van der Waals surface area contributed by atoms with Gasteiger partial charge in [0.1, 0.15) is 0 Å². The van der Waals surface area contributed by atoms with Crippen LogP contribution in [0, 0.1) is 0 Å². The van der Waals surface area contributed by atoms with Gasteiger partial charge in [-0.15, -0.1) is 0 Å². The maximum atomic E-state index is 2.42. The minimum Gasteiger partial charge on any atom is -0.310 e. The molecule has 0 aliphatic rings. The van der Waals surface area contributed by atoms with Crippen molar-refractivity contribution in [1.82, 2.24) is 0 Å². The highest BCUT2D eigenvalue weighted by atomic mass is 15.1. The lowest BCUT2D eigenvalue weighted by Crippen LogP contribution is -2.10. The van der Waals surface area contributed by atoms with Gasteiger partial charge in [0.2, 0.25) is 0 Å². The molecular weight excluding hydrogens is 615 g/mol. The number of hydrogen-bond acceptors (Lipinski definition) is 1. The Morgan fingerprint density at radius 1 is 0.255 bits per heavy atom. The predicted octanol–water partition coefficient (Wildman–Crippen LogP) is 14.3. The second kappa shape index (κ2) is 12.0. The van der Waals surface area contributed by atoms with Gasteiger partial charge in [-0.25, -0.2) is 0 Å². The molecule has 0 unspecified atom stereocenters. The summed E-state index contributed by atoms with van der Waals surface area (Å²) < 4.78 is 0. The fourth-order valence-electron chi connectivity index (χ4n) is 7.92. The van der Waals surface area contributed by atoms with Crippen molar-refractivity contribution in [1.29, 1.82) is 0 Å². The maximum Gasteiger partial charge on any atom is 0.0546 e. The van der Waals surface area contributed by atoms with Gasteiger partial charge in [0.05, 0.1) is 5.69 Å². The molecule has 10 rings (SSSR count). The number of benzene rings is 10. The van der Waals surface area contributed by atoms with Crippen LogP contribution in [0.15, 0.2) is 200 Å². The first kappa shape index (κ1) is 29.2. The van der Waals surface area contributed by atoms with Crippen molar-refractivity contribution < 1.29 is 0 Å². The van der Waals surface area contributed by atoms with E-state index in [0.717, 1.165) is 17.1 Å². The summed E-state index contributed by atoms with van der Waals surface area (Å²) in [7, 11) is 0. The molecule has 0 aliphatic heterocycles. The molecule has 0 fully saturated rings. The minimum atomic E-state index is 1.11. The van der Waals surface area contributed by atoms with Crippen LogP contribution in [-0.2, 0) is 0 Å². The number of fused-ring (bicyclic) bond motifs is 8. The van der Waals surface area contributed by atoms with Crippen molar-refractivity contribution >= 4 is 70.9 Å². The van der Waals surface area contributed by atoms with Crippen LogP contribution in [0.2, 0.25) is 0 Å². The molecule has 0 heterocycles. The lowest BCUT2D eigenvalue weighted by Gasteiger charge is -2.28. The summed E-state index contributed by atoms with van der Waals surface area (Å²) in [5.74, 6) is 0. The van der Waals surface area contributed by atoms with E-state index in [1.165, 1.54) is 76.1 Å². The van der Waals surface area contributed by atoms with Crippen LogP contribution in [0.25, 0.3) is 76.1 Å². The molecule has 0 atom stereocenters. The molecule has 0 amide bonds. The van der Waals surface area contributed by atoms with E-state index in [0.29, 0.717) is 0 Å². The van der Waals surface area contributed by atoms with Gasteiger partial charge in [0.15, 0.2) is 0 Å². The summed E-state index contributed by atoms with van der Waals surface area (Å²) in [4.78, 5) is 2.42. The summed E-state index contributed by atoms with van der Waals surface area (Å²) in [6.45, 7) is 0. The third-order valence-corrected chi connectivity index (χ3v) is 10.4. The van der Waals surface area contributed by atoms with Crippen molar-refractivity contribution in [2.45, 2.75) is 0 Å². The second-order valence-corrected chi connectivity index (χ2v) is 13.3. The van der Waals surface area contributed by atoms with Gasteiger partial charge in [-0.1, -0.05) is 164 Å². The Hall–Kier alpha value is -6.70. The number of rotatable bonds is 5. The quantitative estimate of drug-likeness (QED) is 0.168. The lowest BCUT2D eigenvalue weighted by atomic mass is 9.94. The highest BCUT2D eigenvalue weighted by Gasteiger charge is 2.18. The second-order valence-electron chi connectivity index (χ2n) is 13.3. The Morgan fingerprint density at radius 3 is 1.63 bits per heavy atom. The molecule has 0 bridgehead atoms. The molecule has 238 valence electrons. The fourth-order valence-corrected chi connectivity index (χ4v) is 7.92. The molecule has 1 heteroatoms. The Kier molecular flexibility index (Phi) is 6.89. The zero-order valence-corrected chi connectivity index (χ0v) is 28.0. The molecule has 0 aromatic heterocycles. The fraction of sp³-hybridized carbons (Fsp3) is 0. The first-order valence-corrected chi connectivity index (χ1v) is 17.6. The van der Waals surface area contributed by atoms with Gasteiger partial charge in [-0.3, -0.25) is 0 Å². The first-order valence-electron chi connectivity index (χ1n) is 17.6. The average molecular weight is 648 g/mol. The minimum absolute atomic E-state index is 1.11. The van der Waals surface area contributed by atoms with Crippen LogP contribution >= 0.6 is 0 Å². The largest absolute Gasteiger partial charge is 0.310 e. The van der Waals surface area contributed by atoms with Crippen molar-refractivity contribution in [3.63, 3.8) is 0 Å². The SMILES string of the molecule is c1ccc(-c2cccc(N(c3ccc(-c4ccc5c(ccc6ccc7ccccc7c65)c4)cc3)c3cc4ccccc4c4ccccc34)c2)cc1. The van der Waals surface area contributed by atoms with E-state index < -0.39 is 0 Å². The third kappa shape index (κ3) is 5.02. The molecular formula is C50H33N. The Labute approximate surface area is 297 Å². The van der Waals surface area contributed by atoms with Crippen LogP contribution in [0.4, 0.5) is 17.1 Å². The summed E-state index contributed by atoms with van der Waals surface area (Å²) in [5.41, 5.74) is 8.19. The maximum absolute atomic E-state index is 2.42. The standard InChI is InChI=1S/C50H33N/c1-2-11-34(12-3-1)38-15-10-16-43(32-38)51(49-33-40-14-5-6-17-44(40)47-19-8-9-20-48(47)49)42-28-25-35(26-29-42)39-27-30-46-41(31-39)24-23-37-22-21-36-13-4-7-18-45(36)50(37)46/h1-33H. The van der Waals surface area contributed by atoms with Gasteiger partial charge in [0.25, 0.3) is 0 Å². The van der Waals surface area contributed by atoms with Crippen LogP contribution < -0.4 is 4.90 Å². The van der Waals surface area contributed by atoms with Crippen molar-refractivity contribution in [2.24, 2.45) is 0 Å². The van der Waals surface area contributed by atoms with Gasteiger partial charge in [-0.2, -0.15) is 0 Å². The predicted molar refractivity (Wildman–Crippen MR) is 220 cm³/mol. The number of hydrogen-bond donors (Lipinski definition) is 0. The molecule has 10 aromatic carbocycles. The van der Waals surface area contributed by atoms with E-state index >= 15 is 0 Å². The smallest absolute Gasteiger partial charge is 0.0546 e. The molecule has 51 heavy (non-hydrogen) atoms. The van der Waals surface area contributed by atoms with Crippen LogP contribution in [0.3, 0.4) is 0 Å². The highest BCUT2D eigenvalue weighted by Crippen LogP contribution is 2.43. The topological polar surface area (TPSA) is 3.24 Å². The third-order valence-electron chi connectivity index (χ3n) is 10.4. The zero-order chi connectivity index (χ0) is 33.7. The Balaban J connectivity index is 1.12. The van der Waals surface area contributed by atoms with E-state index in [2.05, 4.69) is 205 Å². The molecule has 0 saturated heterocycles. The van der Waals surface area contributed by atoms with E-state index in [-0.39, 0.29) is 0 Å². The number of nitrogens with zero attached hydrogens (tertiary/aromatic N) is 1. The summed E-state index contributed by atoms with van der Waals surface area (Å²) in [6.07, 6.45) is 0. The van der Waals surface area contributed by atoms with Crippen molar-refractivity contribution in [3.05, 3.63) is 200 Å². The average Bonchev–Trinajstić information content (AvgIpc) is 3.21. The normalized spacial score (nSPS) is 11.5. The molecule has 0 N–H and O–H groups in total. The summed E-state index contributed by atoms with van der Waals surface area (Å²) >= 11 is 0. The molecule has 0 radical (unpaired) electrons. The van der Waals surface area contributed by atoms with Gasteiger partial charge < -0.3 is 4.90 Å². The first-order chi connectivity index (χ1) is 25.3. The summed E-state index contributed by atoms with van der Waals surface area (Å²) in [5, 5.41) is 12.7. The highest BCUT2D eigenvalue weighted by molar-refractivity contribution is 6.20. The van der Waals surface area contributed by atoms with E-state index in [9.17, 15) is 0 Å². The Bertz CT molecular complexity index is 2900. The van der Waals surface area contributed by atoms with Crippen LogP contribution in [0.5, 0.6) is 0 Å². The van der Waals surface area contributed by atoms with Crippen molar-refractivity contribution in [2.75, 3.05) is 4.90 Å². The Morgan fingerprint density at radius 2 is 0.804 bits per heavy atom. The van der Waals surface area contributed by atoms with Crippen LogP contribution in [0.1, 0.15) is 0 Å². The van der Waals surface area contributed by atoms with E-state index in [1.807, 2.05) is 0 Å². The van der Waals surface area contributed by atoms with Gasteiger partial charge in [-0.05, 0) is 107 Å². The van der Waals surface area contributed by atoms with Gasteiger partial charge >= 0.3 is 0 Å². The monoisotopic (exact) mass is 647 g/mol. The van der Waals surface area contributed by atoms with E-state index in [1.54, 1.807) is 0 Å². The summed E-state index contributed by atoms with van der Waals surface area (Å²) in [6, 6.07) is 73.0. The molecule has 0 spiro atoms. The number of anilines is 3. The molecule has 0 aliphatic carbocycles. The molecule has 10 aromatic rings. The molecule has 0 saturated carbocycles.